The first-order chi connectivity index (χ1) is 20.3. The highest BCUT2D eigenvalue weighted by atomic mass is 31.2. The van der Waals surface area contributed by atoms with Crippen LogP contribution in [0.4, 0.5) is 0 Å². The molecule has 16 nitrogen and oxygen atoms in total. The molecule has 3 fully saturated rings. The largest absolute Gasteiger partial charge is 0.347 e. The zero-order valence-electron chi connectivity index (χ0n) is 23.8. The molecule has 2 saturated carbocycles. The van der Waals surface area contributed by atoms with Crippen LogP contribution in [0.1, 0.15) is 64.2 Å². The molecule has 1 aliphatic heterocycles. The summed E-state index contributed by atoms with van der Waals surface area (Å²) in [6.07, 6.45) is 9.10. The van der Waals surface area contributed by atoms with Gasteiger partial charge in [-0.2, -0.15) is 18.7 Å². The van der Waals surface area contributed by atoms with Gasteiger partial charge in [-0.1, -0.05) is 25.7 Å². The fraction of sp³-hybridized carbons (Fsp3) is 1.00. The number of hydrogen-bond donors (Lipinski definition) is 8. The Morgan fingerprint density at radius 3 is 0.810 bits per heavy atom. The lowest BCUT2D eigenvalue weighted by Gasteiger charge is -2.48. The van der Waals surface area contributed by atoms with Crippen LogP contribution in [0.3, 0.4) is 0 Å². The molecule has 248 valence electrons. The zero-order chi connectivity index (χ0) is 30.5. The van der Waals surface area contributed by atoms with E-state index < -0.39 is 33.5 Å². The van der Waals surface area contributed by atoms with Crippen LogP contribution in [0.25, 0.3) is 0 Å². The standard InChI is InChI=1S/C22H48N4O12P4/c27-35-39(31)15-23-11-5-13-25(17-41(33)37-29)21-9-3-4-10-22(21)26(18-42(34)38-30)14-6-12-24(16-40(32)36-28)20-8-2-1-7-19(20)23/h19-22,27-34H,1-18H2. The second-order valence-corrected chi connectivity index (χ2v) is 15.7. The molecule has 8 atom stereocenters. The molecule has 1 heterocycles. The molecule has 0 aromatic rings. The lowest BCUT2D eigenvalue weighted by Crippen LogP contribution is -2.56. The van der Waals surface area contributed by atoms with E-state index in [0.717, 1.165) is 51.4 Å². The van der Waals surface area contributed by atoms with E-state index in [1.165, 1.54) is 0 Å². The number of rotatable bonds is 12. The quantitative estimate of drug-likeness (QED) is 0.0838. The van der Waals surface area contributed by atoms with Crippen molar-refractivity contribution in [3.8, 4) is 0 Å². The van der Waals surface area contributed by atoms with Crippen molar-refractivity contribution in [2.45, 2.75) is 88.4 Å². The molecular formula is C22H48N4O12P4. The third-order valence-electron chi connectivity index (χ3n) is 8.63. The van der Waals surface area contributed by atoms with Gasteiger partial charge in [0.1, 0.15) is 0 Å². The number of hydrogen-bond acceptors (Lipinski definition) is 16. The summed E-state index contributed by atoms with van der Waals surface area (Å²) in [6, 6.07) is -0.0857. The van der Waals surface area contributed by atoms with E-state index in [-0.39, 0.29) is 49.3 Å². The van der Waals surface area contributed by atoms with E-state index in [9.17, 15) is 40.6 Å². The highest BCUT2D eigenvalue weighted by Crippen LogP contribution is 2.41. The fourth-order valence-corrected chi connectivity index (χ4v) is 9.79. The van der Waals surface area contributed by atoms with Crippen molar-refractivity contribution >= 4 is 33.5 Å². The van der Waals surface area contributed by atoms with Gasteiger partial charge in [0.2, 0.25) is 33.5 Å². The monoisotopic (exact) mass is 684 g/mol. The molecule has 8 N–H and O–H groups in total. The smallest absolute Gasteiger partial charge is 0.220 e. The van der Waals surface area contributed by atoms with Gasteiger partial charge < -0.3 is 19.6 Å². The zero-order valence-corrected chi connectivity index (χ0v) is 27.4. The molecule has 3 aliphatic rings. The van der Waals surface area contributed by atoms with E-state index >= 15 is 0 Å². The van der Waals surface area contributed by atoms with Gasteiger partial charge in [0.05, 0.1) is 25.1 Å². The Kier molecular flexibility index (Phi) is 18.2. The Balaban J connectivity index is 1.96. The van der Waals surface area contributed by atoms with Gasteiger partial charge >= 0.3 is 0 Å². The highest BCUT2D eigenvalue weighted by molar-refractivity contribution is 7.46. The summed E-state index contributed by atoms with van der Waals surface area (Å²) in [5.41, 5.74) is 0. The minimum absolute atomic E-state index is 0.0214. The predicted molar refractivity (Wildman–Crippen MR) is 159 cm³/mol. The van der Waals surface area contributed by atoms with Crippen molar-refractivity contribution in [2.24, 2.45) is 0 Å². The molecule has 0 amide bonds. The Morgan fingerprint density at radius 1 is 0.405 bits per heavy atom. The van der Waals surface area contributed by atoms with Crippen molar-refractivity contribution in [1.82, 2.24) is 19.6 Å². The molecule has 0 aromatic carbocycles. The minimum Gasteiger partial charge on any atom is -0.347 e. The van der Waals surface area contributed by atoms with Crippen LogP contribution in [0.2, 0.25) is 0 Å². The summed E-state index contributed by atoms with van der Waals surface area (Å²) < 4.78 is 17.2. The van der Waals surface area contributed by atoms with Gasteiger partial charge in [-0.15, -0.1) is 0 Å². The summed E-state index contributed by atoms with van der Waals surface area (Å²) in [7, 11) is -8.37. The maximum Gasteiger partial charge on any atom is 0.220 e. The summed E-state index contributed by atoms with van der Waals surface area (Å²) in [5, 5.41) is 36.8. The third-order valence-corrected chi connectivity index (χ3v) is 11.8. The first kappa shape index (κ1) is 37.5. The van der Waals surface area contributed by atoms with Crippen LogP contribution in [0, 0.1) is 0 Å². The highest BCUT2D eigenvalue weighted by Gasteiger charge is 2.39. The van der Waals surface area contributed by atoms with Gasteiger partial charge in [-0.3, -0.25) is 19.6 Å². The maximum atomic E-state index is 10.3. The van der Waals surface area contributed by atoms with E-state index in [2.05, 4.69) is 38.3 Å². The molecular weight excluding hydrogens is 636 g/mol. The van der Waals surface area contributed by atoms with E-state index in [1.807, 2.05) is 0 Å². The van der Waals surface area contributed by atoms with Crippen LogP contribution in [-0.4, -0.2) is 136 Å². The first-order valence-corrected chi connectivity index (χ1v) is 20.0. The van der Waals surface area contributed by atoms with Crippen LogP contribution in [-0.2, 0) is 18.7 Å². The molecule has 3 rings (SSSR count). The Labute approximate surface area is 252 Å². The van der Waals surface area contributed by atoms with Gasteiger partial charge in [0.15, 0.2) is 0 Å². The average Bonchev–Trinajstić information content (AvgIpc) is 3.01. The fourth-order valence-electron chi connectivity index (χ4n) is 6.93. The normalized spacial score (nSPS) is 31.4. The van der Waals surface area contributed by atoms with Crippen LogP contribution < -0.4 is 0 Å². The lowest BCUT2D eigenvalue weighted by atomic mass is 9.87. The summed E-state index contributed by atoms with van der Waals surface area (Å²) >= 11 is 0. The predicted octanol–water partition coefficient (Wildman–Crippen LogP) is 3.62. The molecule has 1 saturated heterocycles. The van der Waals surface area contributed by atoms with Crippen molar-refractivity contribution < 1.29 is 59.3 Å². The Bertz CT molecular complexity index is 635. The molecule has 2 aliphatic carbocycles. The third kappa shape index (κ3) is 11.7. The maximum absolute atomic E-state index is 10.3. The lowest BCUT2D eigenvalue weighted by molar-refractivity contribution is -0.139. The van der Waals surface area contributed by atoms with Gasteiger partial charge in [-0.05, 0) is 38.5 Å². The van der Waals surface area contributed by atoms with Crippen molar-refractivity contribution in [1.29, 1.82) is 0 Å². The number of nitrogens with zero attached hydrogens (tertiary/aromatic N) is 4. The van der Waals surface area contributed by atoms with Crippen LogP contribution >= 0.6 is 33.5 Å². The second-order valence-electron chi connectivity index (χ2n) is 11.1. The molecule has 0 radical (unpaired) electrons. The summed E-state index contributed by atoms with van der Waals surface area (Å²) in [4.78, 5) is 49.8. The Morgan fingerprint density at radius 2 is 0.619 bits per heavy atom. The van der Waals surface area contributed by atoms with Crippen molar-refractivity contribution in [3.63, 3.8) is 0 Å². The first-order valence-electron chi connectivity index (χ1n) is 14.4. The molecule has 0 spiro atoms. The topological polar surface area (TPSA) is 212 Å². The van der Waals surface area contributed by atoms with Gasteiger partial charge in [0.25, 0.3) is 0 Å². The van der Waals surface area contributed by atoms with Gasteiger partial charge in [0, 0.05) is 50.3 Å². The summed E-state index contributed by atoms with van der Waals surface area (Å²) in [6.45, 7) is 2.24. The second kappa shape index (κ2) is 20.3. The molecule has 8 unspecified atom stereocenters. The van der Waals surface area contributed by atoms with E-state index in [0.29, 0.717) is 39.0 Å². The molecule has 0 bridgehead atoms. The van der Waals surface area contributed by atoms with Crippen molar-refractivity contribution in [3.05, 3.63) is 0 Å². The van der Waals surface area contributed by atoms with Gasteiger partial charge in [-0.25, -0.2) is 21.0 Å². The minimum atomic E-state index is -2.09. The number of fused-ring (bicyclic) bond motifs is 2. The van der Waals surface area contributed by atoms with E-state index in [1.54, 1.807) is 0 Å². The molecule has 20 heteroatoms. The Hall–Kier alpha value is 1.08. The average molecular weight is 685 g/mol. The van der Waals surface area contributed by atoms with Crippen LogP contribution in [0.5, 0.6) is 0 Å². The SMILES string of the molecule is OOP(O)CN1CCCN(CP(O)OO)C2CCCCC2N(CP(O)OO)CCCN(CP(O)OO)C2CCCCC21. The van der Waals surface area contributed by atoms with Crippen molar-refractivity contribution in [2.75, 3.05) is 51.3 Å². The molecule has 42 heavy (non-hydrogen) atoms. The van der Waals surface area contributed by atoms with E-state index in [4.69, 9.17) is 0 Å². The van der Waals surface area contributed by atoms with Crippen LogP contribution in [0.15, 0.2) is 0 Å². The summed E-state index contributed by atoms with van der Waals surface area (Å²) in [5.74, 6) is 0. The molecule has 0 aromatic heterocycles.